The summed E-state index contributed by atoms with van der Waals surface area (Å²) < 4.78 is 0. The second kappa shape index (κ2) is 4.89. The molecule has 0 atom stereocenters. The zero-order valence-electron chi connectivity index (χ0n) is 10.5. The van der Waals surface area contributed by atoms with Gasteiger partial charge in [-0.1, -0.05) is 24.3 Å². The minimum absolute atomic E-state index is 0.761. The third-order valence-corrected chi connectivity index (χ3v) is 2.90. The van der Waals surface area contributed by atoms with Crippen LogP contribution in [0, 0.1) is 0 Å². The van der Waals surface area contributed by atoms with Gasteiger partial charge in [-0.2, -0.15) is 5.10 Å². The number of aromatic amines is 1. The lowest BCUT2D eigenvalue weighted by molar-refractivity contribution is 1.09. The molecule has 2 heterocycles. The lowest BCUT2D eigenvalue weighted by Gasteiger charge is -2.04. The van der Waals surface area contributed by atoms with E-state index >= 15 is 0 Å². The summed E-state index contributed by atoms with van der Waals surface area (Å²) in [5.74, 6) is 0.761. The van der Waals surface area contributed by atoms with Crippen molar-refractivity contribution in [1.29, 1.82) is 0 Å². The normalized spacial score (nSPS) is 10.4. The molecular formula is C14H13N5. The van der Waals surface area contributed by atoms with Gasteiger partial charge in [-0.15, -0.1) is 0 Å². The number of anilines is 1. The van der Waals surface area contributed by atoms with E-state index in [-0.39, 0.29) is 0 Å². The maximum absolute atomic E-state index is 4.46. The van der Waals surface area contributed by atoms with E-state index in [1.54, 1.807) is 18.6 Å². The minimum atomic E-state index is 0.761. The Morgan fingerprint density at radius 1 is 0.947 bits per heavy atom. The first-order valence-corrected chi connectivity index (χ1v) is 5.96. The van der Waals surface area contributed by atoms with Crippen molar-refractivity contribution in [3.8, 4) is 22.4 Å². The van der Waals surface area contributed by atoms with Crippen LogP contribution in [0.4, 0.5) is 5.82 Å². The molecule has 0 aliphatic heterocycles. The van der Waals surface area contributed by atoms with Crippen molar-refractivity contribution < 1.29 is 0 Å². The fraction of sp³-hybridized carbons (Fsp3) is 0.0714. The molecule has 3 aromatic rings. The van der Waals surface area contributed by atoms with Crippen molar-refractivity contribution >= 4 is 5.82 Å². The fourth-order valence-corrected chi connectivity index (χ4v) is 1.87. The molecule has 0 bridgehead atoms. The summed E-state index contributed by atoms with van der Waals surface area (Å²) in [4.78, 5) is 8.63. The van der Waals surface area contributed by atoms with Crippen LogP contribution in [0.1, 0.15) is 0 Å². The fourth-order valence-electron chi connectivity index (χ4n) is 1.87. The van der Waals surface area contributed by atoms with Crippen LogP contribution in [0.2, 0.25) is 0 Å². The topological polar surface area (TPSA) is 66.5 Å². The summed E-state index contributed by atoms with van der Waals surface area (Å²) in [6, 6.07) is 8.17. The molecule has 3 rings (SSSR count). The molecule has 1 aromatic carbocycles. The maximum atomic E-state index is 4.46. The molecule has 2 N–H and O–H groups in total. The summed E-state index contributed by atoms with van der Waals surface area (Å²) in [6.45, 7) is 0. The molecule has 0 amide bonds. The number of H-pyrrole nitrogens is 1. The van der Waals surface area contributed by atoms with E-state index in [4.69, 9.17) is 0 Å². The Morgan fingerprint density at radius 2 is 1.74 bits per heavy atom. The number of nitrogens with zero attached hydrogens (tertiary/aromatic N) is 3. The number of rotatable bonds is 3. The van der Waals surface area contributed by atoms with Gasteiger partial charge in [0.15, 0.2) is 0 Å². The third-order valence-electron chi connectivity index (χ3n) is 2.90. The lowest BCUT2D eigenvalue weighted by Crippen LogP contribution is -1.94. The Bertz CT molecular complexity index is 659. The van der Waals surface area contributed by atoms with Crippen LogP contribution < -0.4 is 5.32 Å². The highest BCUT2D eigenvalue weighted by atomic mass is 15.1. The number of hydrogen-bond donors (Lipinski definition) is 2. The quantitative estimate of drug-likeness (QED) is 0.750. The van der Waals surface area contributed by atoms with Crippen molar-refractivity contribution in [2.75, 3.05) is 12.4 Å². The third kappa shape index (κ3) is 2.30. The van der Waals surface area contributed by atoms with Gasteiger partial charge in [-0.3, -0.25) is 10.1 Å². The Kier molecular flexibility index (Phi) is 2.94. The number of benzene rings is 1. The SMILES string of the molecule is CNc1cncc(-c2ccc(-c3cn[nH]c3)cc2)n1. The Balaban J connectivity index is 1.94. The Hall–Kier alpha value is -2.69. The van der Waals surface area contributed by atoms with E-state index in [1.165, 1.54) is 0 Å². The van der Waals surface area contributed by atoms with Crippen molar-refractivity contribution in [2.45, 2.75) is 0 Å². The molecule has 5 heteroatoms. The van der Waals surface area contributed by atoms with Gasteiger partial charge >= 0.3 is 0 Å². The number of hydrogen-bond acceptors (Lipinski definition) is 4. The maximum Gasteiger partial charge on any atom is 0.144 e. The van der Waals surface area contributed by atoms with Gasteiger partial charge in [-0.05, 0) is 5.56 Å². The highest BCUT2D eigenvalue weighted by Gasteiger charge is 2.03. The van der Waals surface area contributed by atoms with Gasteiger partial charge < -0.3 is 5.32 Å². The summed E-state index contributed by atoms with van der Waals surface area (Å²) >= 11 is 0. The molecule has 0 radical (unpaired) electrons. The van der Waals surface area contributed by atoms with E-state index in [0.29, 0.717) is 0 Å². The largest absolute Gasteiger partial charge is 0.372 e. The van der Waals surface area contributed by atoms with Crippen LogP contribution >= 0.6 is 0 Å². The number of aromatic nitrogens is 4. The molecule has 0 aliphatic carbocycles. The predicted octanol–water partition coefficient (Wildman–Crippen LogP) is 2.58. The van der Waals surface area contributed by atoms with E-state index < -0.39 is 0 Å². The van der Waals surface area contributed by atoms with Gasteiger partial charge in [0.1, 0.15) is 5.82 Å². The van der Waals surface area contributed by atoms with E-state index in [2.05, 4.69) is 25.5 Å². The molecular weight excluding hydrogens is 238 g/mol. The molecule has 0 fully saturated rings. The van der Waals surface area contributed by atoms with Crippen LogP contribution in [0.5, 0.6) is 0 Å². The Morgan fingerprint density at radius 3 is 2.42 bits per heavy atom. The molecule has 0 saturated carbocycles. The van der Waals surface area contributed by atoms with Crippen LogP contribution in [0.25, 0.3) is 22.4 Å². The van der Waals surface area contributed by atoms with E-state index in [1.807, 2.05) is 37.5 Å². The average molecular weight is 251 g/mol. The molecule has 0 unspecified atom stereocenters. The highest BCUT2D eigenvalue weighted by Crippen LogP contribution is 2.23. The molecule has 2 aromatic heterocycles. The molecule has 0 saturated heterocycles. The average Bonchev–Trinajstić information content (AvgIpc) is 3.02. The van der Waals surface area contributed by atoms with Crippen molar-refractivity contribution in [2.24, 2.45) is 0 Å². The first kappa shape index (κ1) is 11.4. The lowest BCUT2D eigenvalue weighted by atomic mass is 10.1. The summed E-state index contributed by atoms with van der Waals surface area (Å²) in [6.07, 6.45) is 7.13. The minimum Gasteiger partial charge on any atom is -0.372 e. The van der Waals surface area contributed by atoms with Crippen molar-refractivity contribution in [3.63, 3.8) is 0 Å². The van der Waals surface area contributed by atoms with Gasteiger partial charge in [0.2, 0.25) is 0 Å². The van der Waals surface area contributed by atoms with Crippen molar-refractivity contribution in [1.82, 2.24) is 20.2 Å². The molecule has 19 heavy (non-hydrogen) atoms. The summed E-state index contributed by atoms with van der Waals surface area (Å²) in [5.41, 5.74) is 4.08. The highest BCUT2D eigenvalue weighted by molar-refractivity contribution is 5.68. The first-order chi connectivity index (χ1) is 9.36. The monoisotopic (exact) mass is 251 g/mol. The van der Waals surface area contributed by atoms with Crippen molar-refractivity contribution in [3.05, 3.63) is 49.1 Å². The molecule has 94 valence electrons. The van der Waals surface area contributed by atoms with Gasteiger partial charge in [-0.25, -0.2) is 4.98 Å². The van der Waals surface area contributed by atoms with Gasteiger partial charge in [0.25, 0.3) is 0 Å². The predicted molar refractivity (Wildman–Crippen MR) is 74.6 cm³/mol. The second-order valence-electron chi connectivity index (χ2n) is 4.10. The zero-order chi connectivity index (χ0) is 13.1. The van der Waals surface area contributed by atoms with E-state index in [0.717, 1.165) is 28.2 Å². The molecule has 0 aliphatic rings. The second-order valence-corrected chi connectivity index (χ2v) is 4.10. The number of nitrogens with one attached hydrogen (secondary N) is 2. The molecule has 0 spiro atoms. The van der Waals surface area contributed by atoms with Crippen LogP contribution in [0.15, 0.2) is 49.1 Å². The van der Waals surface area contributed by atoms with Gasteiger partial charge in [0, 0.05) is 24.4 Å². The summed E-state index contributed by atoms with van der Waals surface area (Å²) in [5, 5.41) is 9.74. The zero-order valence-corrected chi connectivity index (χ0v) is 10.5. The molecule has 5 nitrogen and oxygen atoms in total. The first-order valence-electron chi connectivity index (χ1n) is 5.96. The van der Waals surface area contributed by atoms with E-state index in [9.17, 15) is 0 Å². The summed E-state index contributed by atoms with van der Waals surface area (Å²) in [7, 11) is 1.83. The standard InChI is InChI=1S/C14H13N5/c1-15-14-9-16-8-13(19-14)11-4-2-10(3-5-11)12-6-17-18-7-12/h2-9H,1H3,(H,15,19)(H,17,18). The van der Waals surface area contributed by atoms with Crippen LogP contribution in [-0.2, 0) is 0 Å². The van der Waals surface area contributed by atoms with Crippen LogP contribution in [-0.4, -0.2) is 27.2 Å². The Labute approximate surface area is 110 Å². The van der Waals surface area contributed by atoms with Crippen LogP contribution in [0.3, 0.4) is 0 Å². The van der Waals surface area contributed by atoms with Gasteiger partial charge in [0.05, 0.1) is 24.3 Å². The smallest absolute Gasteiger partial charge is 0.144 e.